The predicted octanol–water partition coefficient (Wildman–Crippen LogP) is 9.31. The van der Waals surface area contributed by atoms with Crippen molar-refractivity contribution in [3.63, 3.8) is 0 Å². The Balaban J connectivity index is 5.31. The number of unbranched alkanes of at least 4 members (excludes halogenated alkanes) is 3. The van der Waals surface area contributed by atoms with Gasteiger partial charge in [-0.15, -0.1) is 0 Å². The third kappa shape index (κ3) is 14.5. The Morgan fingerprint density at radius 3 is 1.79 bits per heavy atom. The van der Waals surface area contributed by atoms with E-state index < -0.39 is 26.7 Å². The number of hydrogen-bond donors (Lipinski definition) is 0. The van der Waals surface area contributed by atoms with Crippen LogP contribution in [0.25, 0.3) is 0 Å². The Labute approximate surface area is 187 Å². The van der Waals surface area contributed by atoms with Crippen LogP contribution in [0.15, 0.2) is 35.9 Å². The zero-order valence-electron chi connectivity index (χ0n) is 19.7. The zero-order chi connectivity index (χ0) is 21.6. The minimum atomic E-state index is -2.19. The topological polar surface area (TPSA) is 9.23 Å². The van der Waals surface area contributed by atoms with Gasteiger partial charge in [0.05, 0.1) is 0 Å². The van der Waals surface area contributed by atoms with Crippen LogP contribution in [0.5, 0.6) is 0 Å². The van der Waals surface area contributed by atoms with Crippen LogP contribution in [0.3, 0.4) is 0 Å². The van der Waals surface area contributed by atoms with E-state index in [1.54, 1.807) is 0 Å². The molecular formula is C24H47ClOSiSn. The molecule has 0 aliphatic carbocycles. The van der Waals surface area contributed by atoms with Crippen molar-refractivity contribution < 1.29 is 4.43 Å². The summed E-state index contributed by atoms with van der Waals surface area (Å²) in [6, 6.07) is 0. The van der Waals surface area contributed by atoms with Gasteiger partial charge in [-0.05, 0) is 0 Å². The molecule has 0 N–H and O–H groups in total. The van der Waals surface area contributed by atoms with E-state index in [-0.39, 0.29) is 6.10 Å². The summed E-state index contributed by atoms with van der Waals surface area (Å²) < 4.78 is 12.4. The van der Waals surface area contributed by atoms with E-state index in [4.69, 9.17) is 16.0 Å². The van der Waals surface area contributed by atoms with Crippen LogP contribution in [0.1, 0.15) is 65.7 Å². The van der Waals surface area contributed by atoms with Gasteiger partial charge in [0.2, 0.25) is 0 Å². The van der Waals surface area contributed by atoms with Gasteiger partial charge in [0, 0.05) is 0 Å². The van der Waals surface area contributed by atoms with Gasteiger partial charge in [0.25, 0.3) is 0 Å². The van der Waals surface area contributed by atoms with Crippen molar-refractivity contribution in [1.29, 1.82) is 0 Å². The van der Waals surface area contributed by atoms with Gasteiger partial charge in [0.15, 0.2) is 0 Å². The van der Waals surface area contributed by atoms with Gasteiger partial charge in [-0.25, -0.2) is 0 Å². The quantitative estimate of drug-likeness (QED) is 0.103. The summed E-state index contributed by atoms with van der Waals surface area (Å²) in [5.74, 6) is 0. The number of allylic oxidation sites excluding steroid dienone is 2. The molecule has 4 heteroatoms. The van der Waals surface area contributed by atoms with Crippen molar-refractivity contribution >= 4 is 38.3 Å². The number of rotatable bonds is 17. The summed E-state index contributed by atoms with van der Waals surface area (Å²) in [6.45, 7) is 22.1. The SMILES string of the molecule is C=C(Cl)/C=C/[C@H](CC(=C)[CH2][Sn]([CH2]CCC)([CH2]CCC)[CH2]CCC)O[Si](C)(C)C. The van der Waals surface area contributed by atoms with Crippen LogP contribution in [-0.2, 0) is 4.43 Å². The van der Waals surface area contributed by atoms with Crippen LogP contribution in [0.4, 0.5) is 0 Å². The van der Waals surface area contributed by atoms with Gasteiger partial charge in [-0.3, -0.25) is 0 Å². The van der Waals surface area contributed by atoms with E-state index in [0.717, 1.165) is 6.42 Å². The molecule has 164 valence electrons. The molecule has 1 atom stereocenters. The molecule has 0 aliphatic rings. The first-order valence-corrected chi connectivity index (χ1v) is 23.3. The molecular weight excluding hydrogens is 487 g/mol. The van der Waals surface area contributed by atoms with Crippen LogP contribution in [0, 0.1) is 0 Å². The molecule has 0 saturated heterocycles. The number of halogens is 1. The Bertz CT molecular complexity index is 460. The van der Waals surface area contributed by atoms with E-state index >= 15 is 0 Å². The second-order valence-corrected chi connectivity index (χ2v) is 28.3. The molecule has 28 heavy (non-hydrogen) atoms. The van der Waals surface area contributed by atoms with Crippen LogP contribution in [-0.4, -0.2) is 32.8 Å². The molecule has 0 unspecified atom stereocenters. The van der Waals surface area contributed by atoms with E-state index in [9.17, 15) is 0 Å². The van der Waals surface area contributed by atoms with Gasteiger partial charge in [-0.2, -0.15) is 0 Å². The van der Waals surface area contributed by atoms with Crippen LogP contribution < -0.4 is 0 Å². The van der Waals surface area contributed by atoms with Crippen molar-refractivity contribution in [2.24, 2.45) is 0 Å². The van der Waals surface area contributed by atoms with Crippen molar-refractivity contribution in [2.75, 3.05) is 0 Å². The average molecular weight is 534 g/mol. The summed E-state index contributed by atoms with van der Waals surface area (Å²) in [7, 11) is -1.63. The Kier molecular flexibility index (Phi) is 15.6. The van der Waals surface area contributed by atoms with Gasteiger partial charge >= 0.3 is 188 Å². The molecule has 0 aliphatic heterocycles. The zero-order valence-corrected chi connectivity index (χ0v) is 24.3. The van der Waals surface area contributed by atoms with E-state index in [0.29, 0.717) is 5.03 Å². The molecule has 1 nitrogen and oxygen atoms in total. The summed E-state index contributed by atoms with van der Waals surface area (Å²) in [5.41, 5.74) is 1.42. The van der Waals surface area contributed by atoms with Crippen molar-refractivity contribution in [1.82, 2.24) is 0 Å². The molecule has 0 amide bonds. The van der Waals surface area contributed by atoms with Gasteiger partial charge in [0.1, 0.15) is 0 Å². The fourth-order valence-corrected chi connectivity index (χ4v) is 21.7. The minimum absolute atomic E-state index is 0.0854. The van der Waals surface area contributed by atoms with Crippen molar-refractivity contribution in [3.8, 4) is 0 Å². The predicted molar refractivity (Wildman–Crippen MR) is 136 cm³/mol. The molecule has 0 radical (unpaired) electrons. The van der Waals surface area contributed by atoms with E-state index in [1.807, 2.05) is 6.08 Å². The summed E-state index contributed by atoms with van der Waals surface area (Å²) >= 11 is 3.79. The fourth-order valence-electron chi connectivity index (χ4n) is 4.00. The first-order valence-electron chi connectivity index (χ1n) is 11.4. The summed E-state index contributed by atoms with van der Waals surface area (Å²) in [6.07, 6.45) is 13.2. The van der Waals surface area contributed by atoms with Crippen molar-refractivity contribution in [2.45, 2.75) is 109 Å². The standard InChI is InChI=1S/C12H20ClOSi.3C4H9.Sn/c1-10(2)9-12(8-7-11(3)13)14-15(4,5)6;3*1-3-4-2;/h7-8,12H,1-3,9H2,4-6H3;3*1,3-4H2,2H3;/b8-7+;;;;/t12-;;;;/m1..../s1. The molecule has 0 aromatic rings. The van der Waals surface area contributed by atoms with Crippen LogP contribution in [0.2, 0.25) is 37.4 Å². The third-order valence-corrected chi connectivity index (χ3v) is 22.1. The second-order valence-electron chi connectivity index (χ2n) is 9.52. The molecule has 0 rings (SSSR count). The molecule has 0 bridgehead atoms. The molecule has 0 aromatic heterocycles. The van der Waals surface area contributed by atoms with E-state index in [1.165, 1.54) is 61.8 Å². The monoisotopic (exact) mass is 534 g/mol. The summed E-state index contributed by atoms with van der Waals surface area (Å²) in [5, 5.41) is 0.567. The maximum absolute atomic E-state index is 6.43. The fraction of sp³-hybridized carbons (Fsp3) is 0.750. The third-order valence-electron chi connectivity index (χ3n) is 5.29. The normalized spacial score (nSPS) is 13.8. The van der Waals surface area contributed by atoms with Crippen LogP contribution >= 0.6 is 11.6 Å². The molecule has 0 spiro atoms. The average Bonchev–Trinajstić information content (AvgIpc) is 2.59. The molecule has 0 aromatic carbocycles. The Morgan fingerprint density at radius 1 is 0.964 bits per heavy atom. The Morgan fingerprint density at radius 2 is 1.43 bits per heavy atom. The van der Waals surface area contributed by atoms with Gasteiger partial charge in [-0.1, -0.05) is 0 Å². The molecule has 0 heterocycles. The number of hydrogen-bond acceptors (Lipinski definition) is 1. The first-order chi connectivity index (χ1) is 13.1. The molecule has 0 fully saturated rings. The Hall–Kier alpha value is 0.486. The maximum atomic E-state index is 6.43. The summed E-state index contributed by atoms with van der Waals surface area (Å²) in [4.78, 5) is 0. The van der Waals surface area contributed by atoms with E-state index in [2.05, 4.69) is 59.6 Å². The van der Waals surface area contributed by atoms with Gasteiger partial charge < -0.3 is 0 Å². The van der Waals surface area contributed by atoms with Crippen molar-refractivity contribution in [3.05, 3.63) is 35.9 Å². The second kappa shape index (κ2) is 15.3. The molecule has 0 saturated carbocycles. The first kappa shape index (κ1) is 28.5.